The molecule has 0 aromatic heterocycles. The van der Waals surface area contributed by atoms with Crippen LogP contribution in [0.3, 0.4) is 0 Å². The van der Waals surface area contributed by atoms with E-state index in [0.717, 1.165) is 0 Å². The smallest absolute Gasteiger partial charge is 0.00116 e. The molecule has 15 heavy (non-hydrogen) atoms. The van der Waals surface area contributed by atoms with Gasteiger partial charge in [0.25, 0.3) is 0 Å². The Morgan fingerprint density at radius 2 is 2.07 bits per heavy atom. The molecule has 0 atom stereocenters. The van der Waals surface area contributed by atoms with E-state index in [0.29, 0.717) is 0 Å². The molecule has 1 aliphatic carbocycles. The molecule has 1 nitrogen and oxygen atoms in total. The summed E-state index contributed by atoms with van der Waals surface area (Å²) in [5.41, 5.74) is 1.70. The van der Waals surface area contributed by atoms with Crippen molar-refractivity contribution in [3.8, 4) is 0 Å². The molecule has 1 aliphatic rings. The van der Waals surface area contributed by atoms with Gasteiger partial charge in [-0.15, -0.1) is 0 Å². The number of hydrogen-bond donors (Lipinski definition) is 1. The van der Waals surface area contributed by atoms with Crippen molar-refractivity contribution in [1.29, 1.82) is 0 Å². The molecule has 0 saturated heterocycles. The molecule has 0 unspecified atom stereocenters. The van der Waals surface area contributed by atoms with E-state index >= 15 is 0 Å². The molecule has 0 aromatic rings. The number of allylic oxidation sites excluding steroid dienone is 1. The van der Waals surface area contributed by atoms with Crippen LogP contribution in [0.5, 0.6) is 0 Å². The standard InChI is InChI=1S/C14H27N/c1-2-3-4-8-12-15-13-11-14-9-6-5-7-10-14/h9,15H,2-8,10-13H2,1H3. The highest BCUT2D eigenvalue weighted by molar-refractivity contribution is 5.04. The molecule has 1 N–H and O–H groups in total. The first-order valence-electron chi connectivity index (χ1n) is 6.82. The summed E-state index contributed by atoms with van der Waals surface area (Å²) in [7, 11) is 0. The molecule has 0 aromatic carbocycles. The summed E-state index contributed by atoms with van der Waals surface area (Å²) in [5.74, 6) is 0. The zero-order valence-corrected chi connectivity index (χ0v) is 10.4. The lowest BCUT2D eigenvalue weighted by molar-refractivity contribution is 0.586. The molecule has 0 spiro atoms. The van der Waals surface area contributed by atoms with Crippen molar-refractivity contribution in [2.75, 3.05) is 13.1 Å². The first-order valence-corrected chi connectivity index (χ1v) is 6.82. The third-order valence-electron chi connectivity index (χ3n) is 3.22. The van der Waals surface area contributed by atoms with E-state index in [1.807, 2.05) is 0 Å². The minimum atomic E-state index is 1.19. The fraction of sp³-hybridized carbons (Fsp3) is 0.857. The summed E-state index contributed by atoms with van der Waals surface area (Å²) in [6.07, 6.45) is 14.7. The summed E-state index contributed by atoms with van der Waals surface area (Å²) in [4.78, 5) is 0. The first kappa shape index (κ1) is 12.8. The molecule has 0 amide bonds. The third-order valence-corrected chi connectivity index (χ3v) is 3.22. The van der Waals surface area contributed by atoms with Crippen LogP contribution < -0.4 is 5.32 Å². The molecule has 0 saturated carbocycles. The van der Waals surface area contributed by atoms with Crippen molar-refractivity contribution in [2.24, 2.45) is 0 Å². The predicted molar refractivity (Wildman–Crippen MR) is 68.2 cm³/mol. The average molecular weight is 209 g/mol. The molecule has 0 bridgehead atoms. The first-order chi connectivity index (χ1) is 7.43. The second kappa shape index (κ2) is 8.96. The van der Waals surface area contributed by atoms with E-state index in [1.54, 1.807) is 5.57 Å². The zero-order chi connectivity index (χ0) is 10.8. The lowest BCUT2D eigenvalue weighted by Gasteiger charge is -2.12. The highest BCUT2D eigenvalue weighted by atomic mass is 14.8. The molecule has 1 rings (SSSR count). The van der Waals surface area contributed by atoms with Crippen LogP contribution in [0, 0.1) is 0 Å². The van der Waals surface area contributed by atoms with Gasteiger partial charge in [-0.1, -0.05) is 37.8 Å². The Morgan fingerprint density at radius 1 is 1.13 bits per heavy atom. The van der Waals surface area contributed by atoms with E-state index in [-0.39, 0.29) is 0 Å². The highest BCUT2D eigenvalue weighted by Gasteiger charge is 2.02. The molecular weight excluding hydrogens is 182 g/mol. The van der Waals surface area contributed by atoms with Gasteiger partial charge in [0, 0.05) is 0 Å². The van der Waals surface area contributed by atoms with Gasteiger partial charge >= 0.3 is 0 Å². The number of rotatable bonds is 8. The number of unbranched alkanes of at least 4 members (excludes halogenated alkanes) is 3. The highest BCUT2D eigenvalue weighted by Crippen LogP contribution is 2.19. The summed E-state index contributed by atoms with van der Waals surface area (Å²) in [5, 5.41) is 3.55. The normalized spacial score (nSPS) is 16.5. The summed E-state index contributed by atoms with van der Waals surface area (Å²) in [6.45, 7) is 4.67. The van der Waals surface area contributed by atoms with Crippen LogP contribution in [0.1, 0.15) is 64.7 Å². The quantitative estimate of drug-likeness (QED) is 0.470. The molecule has 1 heteroatoms. The van der Waals surface area contributed by atoms with Crippen LogP contribution in [0.4, 0.5) is 0 Å². The Bertz CT molecular complexity index is 172. The maximum atomic E-state index is 3.55. The van der Waals surface area contributed by atoms with E-state index < -0.39 is 0 Å². The van der Waals surface area contributed by atoms with Gasteiger partial charge in [-0.3, -0.25) is 0 Å². The van der Waals surface area contributed by atoms with Gasteiger partial charge in [0.05, 0.1) is 0 Å². The lowest BCUT2D eigenvalue weighted by atomic mass is 9.97. The maximum absolute atomic E-state index is 3.55. The number of nitrogens with one attached hydrogen (secondary N) is 1. The fourth-order valence-corrected chi connectivity index (χ4v) is 2.18. The van der Waals surface area contributed by atoms with Crippen LogP contribution in [0.25, 0.3) is 0 Å². The molecule has 0 radical (unpaired) electrons. The second-order valence-corrected chi connectivity index (χ2v) is 4.67. The van der Waals surface area contributed by atoms with E-state index in [4.69, 9.17) is 0 Å². The Morgan fingerprint density at radius 3 is 2.80 bits per heavy atom. The van der Waals surface area contributed by atoms with Crippen molar-refractivity contribution in [2.45, 2.75) is 64.7 Å². The van der Waals surface area contributed by atoms with Crippen LogP contribution >= 0.6 is 0 Å². The van der Waals surface area contributed by atoms with Gasteiger partial charge in [-0.25, -0.2) is 0 Å². The van der Waals surface area contributed by atoms with Crippen molar-refractivity contribution >= 4 is 0 Å². The Balaban J connectivity index is 1.86. The monoisotopic (exact) mass is 209 g/mol. The van der Waals surface area contributed by atoms with Gasteiger partial charge in [0.2, 0.25) is 0 Å². The predicted octanol–water partition coefficient (Wildman–Crippen LogP) is 4.05. The minimum Gasteiger partial charge on any atom is -0.316 e. The summed E-state index contributed by atoms with van der Waals surface area (Å²) < 4.78 is 0. The van der Waals surface area contributed by atoms with Crippen LogP contribution in [-0.2, 0) is 0 Å². The molecule has 0 aliphatic heterocycles. The van der Waals surface area contributed by atoms with Gasteiger partial charge < -0.3 is 5.32 Å². The van der Waals surface area contributed by atoms with Gasteiger partial charge in [-0.2, -0.15) is 0 Å². The average Bonchev–Trinajstić information content (AvgIpc) is 2.29. The SMILES string of the molecule is CCCCCCNCCC1=CCCCC1. The molecule has 0 heterocycles. The second-order valence-electron chi connectivity index (χ2n) is 4.67. The van der Waals surface area contributed by atoms with Gasteiger partial charge in [0.15, 0.2) is 0 Å². The largest absolute Gasteiger partial charge is 0.316 e. The molecule has 88 valence electrons. The van der Waals surface area contributed by atoms with Crippen molar-refractivity contribution in [3.05, 3.63) is 11.6 Å². The Hall–Kier alpha value is -0.300. The van der Waals surface area contributed by atoms with Gasteiger partial charge in [-0.05, 0) is 51.6 Å². The topological polar surface area (TPSA) is 12.0 Å². The van der Waals surface area contributed by atoms with Crippen LogP contribution in [0.2, 0.25) is 0 Å². The van der Waals surface area contributed by atoms with E-state index in [2.05, 4.69) is 18.3 Å². The lowest BCUT2D eigenvalue weighted by Crippen LogP contribution is -2.17. The number of hydrogen-bond acceptors (Lipinski definition) is 1. The molecule has 0 fully saturated rings. The molecular formula is C14H27N. The maximum Gasteiger partial charge on any atom is -0.00116 e. The zero-order valence-electron chi connectivity index (χ0n) is 10.4. The summed E-state index contributed by atoms with van der Waals surface area (Å²) in [6, 6.07) is 0. The Labute approximate surface area is 95.3 Å². The van der Waals surface area contributed by atoms with Crippen LogP contribution in [0.15, 0.2) is 11.6 Å². The fourth-order valence-electron chi connectivity index (χ4n) is 2.18. The van der Waals surface area contributed by atoms with Crippen LogP contribution in [-0.4, -0.2) is 13.1 Å². The van der Waals surface area contributed by atoms with Crippen molar-refractivity contribution in [3.63, 3.8) is 0 Å². The summed E-state index contributed by atoms with van der Waals surface area (Å²) >= 11 is 0. The third kappa shape index (κ3) is 6.72. The van der Waals surface area contributed by atoms with Crippen molar-refractivity contribution in [1.82, 2.24) is 5.32 Å². The minimum absolute atomic E-state index is 1.19. The van der Waals surface area contributed by atoms with Crippen molar-refractivity contribution < 1.29 is 0 Å². The Kier molecular flexibility index (Phi) is 7.63. The van der Waals surface area contributed by atoms with E-state index in [9.17, 15) is 0 Å². The van der Waals surface area contributed by atoms with Gasteiger partial charge in [0.1, 0.15) is 0 Å². The van der Waals surface area contributed by atoms with E-state index in [1.165, 1.54) is 70.9 Å².